The molecule has 0 unspecified atom stereocenters. The second-order valence-electron chi connectivity index (χ2n) is 10.4. The van der Waals surface area contributed by atoms with Crippen molar-refractivity contribution in [2.75, 3.05) is 13.1 Å². The van der Waals surface area contributed by atoms with E-state index in [4.69, 9.17) is 16.2 Å². The minimum absolute atomic E-state index is 0.00563. The first kappa shape index (κ1) is 28.9. The fourth-order valence-corrected chi connectivity index (χ4v) is 7.87. The predicted octanol–water partition coefficient (Wildman–Crippen LogP) is -4.12. The monoisotopic (exact) mass is 826 g/mol. The van der Waals surface area contributed by atoms with Crippen LogP contribution in [0.5, 0.6) is 0 Å². The van der Waals surface area contributed by atoms with Gasteiger partial charge in [-0.2, -0.15) is 0 Å². The minimum atomic E-state index is -1.82. The van der Waals surface area contributed by atoms with E-state index in [1.807, 2.05) is 0 Å². The number of rotatable bonds is 6. The number of aromatic nitrogens is 2. The van der Waals surface area contributed by atoms with Crippen LogP contribution in [0.4, 0.5) is 0 Å². The molecule has 0 aromatic carbocycles. The summed E-state index contributed by atoms with van der Waals surface area (Å²) in [5.41, 5.74) is 9.57. The van der Waals surface area contributed by atoms with E-state index in [2.05, 4.69) is 105 Å². The molecule has 2 aromatic rings. The van der Waals surface area contributed by atoms with Crippen molar-refractivity contribution in [2.24, 2.45) is 29.2 Å². The first-order chi connectivity index (χ1) is 19.3. The van der Waals surface area contributed by atoms with Gasteiger partial charge in [0.05, 0.1) is 24.1 Å². The second kappa shape index (κ2) is 10.2. The molecule has 15 nitrogen and oxygen atoms in total. The van der Waals surface area contributed by atoms with E-state index in [-0.39, 0.29) is 25.0 Å². The summed E-state index contributed by atoms with van der Waals surface area (Å²) in [4.78, 5) is 37.9. The number of aliphatic hydroxyl groups excluding tert-OH is 1. The van der Waals surface area contributed by atoms with E-state index in [1.165, 1.54) is 0 Å². The van der Waals surface area contributed by atoms with Crippen LogP contribution in [0.2, 0.25) is 0 Å². The highest BCUT2D eigenvalue weighted by molar-refractivity contribution is 9.13. The molecule has 220 valence electrons. The molecule has 0 radical (unpaired) electrons. The quantitative estimate of drug-likeness (QED) is 0.135. The number of carbonyl (C=O) groups is 2. The van der Waals surface area contributed by atoms with Crippen LogP contribution < -0.4 is 42.7 Å². The molecule has 5 heterocycles. The van der Waals surface area contributed by atoms with E-state index in [1.54, 1.807) is 12.1 Å². The number of nitrogens with one attached hydrogen (secondary N) is 8. The highest BCUT2D eigenvalue weighted by atomic mass is 79.9. The SMILES string of the molecule is NC1=[NH+][C@@H]2O[C@@H]3[NH+]=C(N)N[C@]34[C@H]([C@H](CNC(=O)c3cc(Br)c(Br)[nH]3)[C@@H](CNC(=O)c3cc(Br)c(Br)[nH]3)[C@@H]4O)[C@]2(O)N1. The molecule has 2 amide bonds. The van der Waals surface area contributed by atoms with Gasteiger partial charge in [0.25, 0.3) is 17.5 Å². The van der Waals surface area contributed by atoms with Crippen molar-refractivity contribution in [3.8, 4) is 0 Å². The molecule has 2 fully saturated rings. The number of amides is 2. The van der Waals surface area contributed by atoms with Crippen molar-refractivity contribution in [3.05, 3.63) is 41.7 Å². The van der Waals surface area contributed by atoms with Gasteiger partial charge >= 0.3 is 11.9 Å². The highest BCUT2D eigenvalue weighted by Crippen LogP contribution is 2.53. The van der Waals surface area contributed by atoms with E-state index in [9.17, 15) is 19.8 Å². The number of halogens is 4. The molecule has 2 aromatic heterocycles. The van der Waals surface area contributed by atoms with Crippen LogP contribution in [0.1, 0.15) is 21.0 Å². The molecular formula is C22H26Br4N10O5+2. The normalized spacial score (nSPS) is 35.0. The van der Waals surface area contributed by atoms with Gasteiger partial charge < -0.3 is 30.8 Å². The lowest BCUT2D eigenvalue weighted by Gasteiger charge is -2.47. The first-order valence-corrected chi connectivity index (χ1v) is 15.6. The molecule has 6 rings (SSSR count). The zero-order chi connectivity index (χ0) is 29.4. The lowest BCUT2D eigenvalue weighted by molar-refractivity contribution is -0.662. The third kappa shape index (κ3) is 4.51. The zero-order valence-electron chi connectivity index (χ0n) is 20.8. The Balaban J connectivity index is 1.34. The van der Waals surface area contributed by atoms with Gasteiger partial charge in [0, 0.05) is 19.0 Å². The summed E-state index contributed by atoms with van der Waals surface area (Å²) in [5, 5.41) is 35.8. The van der Waals surface area contributed by atoms with Gasteiger partial charge in [0.1, 0.15) is 17.5 Å². The van der Waals surface area contributed by atoms with E-state index in [0.717, 1.165) is 0 Å². The maximum atomic E-state index is 13.1. The van der Waals surface area contributed by atoms with Crippen molar-refractivity contribution in [3.63, 3.8) is 0 Å². The van der Waals surface area contributed by atoms with Crippen LogP contribution in [0.25, 0.3) is 0 Å². The third-order valence-corrected chi connectivity index (χ3v) is 11.7. The standard InChI is InChI=1S/C22H24Br4N10O5/c23-7-1-9(31-13(7)25)15(38)29-3-5-6(4-30-16(39)10-2-8(24)14(26)32-10)12(37)21-11(5)22(40)18(34-20(28)36-22)41-17(21)33-19(27)35-21/h1-2,5-6,11-12,17-18,31-32,37,40H,3-4H2,(H,29,38)(H,30,39)(H3,27,33,35)(H3,28,34,36)/p+2/t5-,6-,11+,12+,17+,18-,21+,22-/m1/s1. The smallest absolute Gasteiger partial charge is 0.345 e. The summed E-state index contributed by atoms with van der Waals surface area (Å²) >= 11 is 13.4. The number of ether oxygens (including phenoxy) is 1. The van der Waals surface area contributed by atoms with Crippen LogP contribution in [-0.4, -0.2) is 86.8 Å². The zero-order valence-corrected chi connectivity index (χ0v) is 27.2. The summed E-state index contributed by atoms with van der Waals surface area (Å²) < 4.78 is 8.65. The number of carbonyl (C=O) groups excluding carboxylic acids is 2. The molecule has 1 saturated carbocycles. The molecule has 1 aliphatic carbocycles. The van der Waals surface area contributed by atoms with Gasteiger partial charge in [-0.3, -0.25) is 31.1 Å². The number of fused-ring (bicyclic) bond motifs is 2. The number of aliphatic hydroxyl groups is 2. The molecule has 0 bridgehead atoms. The number of H-pyrrole nitrogens is 2. The van der Waals surface area contributed by atoms with Crippen LogP contribution >= 0.6 is 63.7 Å². The van der Waals surface area contributed by atoms with Gasteiger partial charge in [-0.05, 0) is 81.8 Å². The molecule has 1 spiro atoms. The Morgan fingerprint density at radius 3 is 1.95 bits per heavy atom. The largest absolute Gasteiger partial charge is 0.389 e. The number of guanidine groups is 2. The molecular weight excluding hydrogens is 804 g/mol. The number of hydrogen-bond donors (Lipinski definition) is 12. The second-order valence-corrected chi connectivity index (χ2v) is 13.7. The summed E-state index contributed by atoms with van der Waals surface area (Å²) in [6.45, 7) is 0.00986. The summed E-state index contributed by atoms with van der Waals surface area (Å²) in [7, 11) is 0. The van der Waals surface area contributed by atoms with Crippen LogP contribution in [0.3, 0.4) is 0 Å². The van der Waals surface area contributed by atoms with Crippen molar-refractivity contribution >= 4 is 87.5 Å². The van der Waals surface area contributed by atoms with Crippen molar-refractivity contribution in [1.29, 1.82) is 0 Å². The average Bonchev–Trinajstić information content (AvgIpc) is 3.66. The van der Waals surface area contributed by atoms with E-state index < -0.39 is 59.4 Å². The average molecular weight is 830 g/mol. The first-order valence-electron chi connectivity index (χ1n) is 12.4. The predicted molar refractivity (Wildman–Crippen MR) is 156 cm³/mol. The van der Waals surface area contributed by atoms with Crippen molar-refractivity contribution < 1.29 is 34.5 Å². The fourth-order valence-electron chi connectivity index (χ4n) is 6.56. The number of aromatic amines is 2. The third-order valence-electron chi connectivity index (χ3n) is 8.16. The summed E-state index contributed by atoms with van der Waals surface area (Å²) in [5.74, 6) is -2.74. The number of hydrogen-bond acceptors (Lipinski definition) is 9. The maximum Gasteiger partial charge on any atom is 0.345 e. The lowest BCUT2D eigenvalue weighted by atomic mass is 9.71. The van der Waals surface area contributed by atoms with Crippen LogP contribution in [-0.2, 0) is 4.74 Å². The Morgan fingerprint density at radius 1 is 0.902 bits per heavy atom. The minimum Gasteiger partial charge on any atom is -0.389 e. The molecule has 3 aliphatic heterocycles. The molecule has 41 heavy (non-hydrogen) atoms. The van der Waals surface area contributed by atoms with Gasteiger partial charge in [-0.15, -0.1) is 0 Å². The number of nitrogens with two attached hydrogens (primary N) is 2. The summed E-state index contributed by atoms with van der Waals surface area (Å²) in [6.07, 6.45) is -3.09. The van der Waals surface area contributed by atoms with Gasteiger partial charge in [-0.25, -0.2) is 15.3 Å². The van der Waals surface area contributed by atoms with E-state index >= 15 is 0 Å². The summed E-state index contributed by atoms with van der Waals surface area (Å²) in [6, 6.07) is 3.24. The van der Waals surface area contributed by atoms with Gasteiger partial charge in [0.15, 0.2) is 5.54 Å². The van der Waals surface area contributed by atoms with Gasteiger partial charge in [0.2, 0.25) is 12.5 Å². The Kier molecular flexibility index (Phi) is 7.22. The Hall–Kier alpha value is -2.16. The fraction of sp³-hybridized carbons (Fsp3) is 0.455. The Morgan fingerprint density at radius 2 is 1.41 bits per heavy atom. The maximum absolute atomic E-state index is 13.1. The molecule has 19 heteroatoms. The Bertz CT molecular complexity index is 1460. The molecule has 14 N–H and O–H groups in total. The van der Waals surface area contributed by atoms with Gasteiger partial charge in [-0.1, -0.05) is 0 Å². The topological polar surface area (TPSA) is 244 Å². The Labute approximate surface area is 265 Å². The van der Waals surface area contributed by atoms with Crippen LogP contribution in [0, 0.1) is 17.8 Å². The molecule has 4 aliphatic rings. The molecule has 1 saturated heterocycles. The van der Waals surface area contributed by atoms with Crippen molar-refractivity contribution in [1.82, 2.24) is 31.2 Å². The van der Waals surface area contributed by atoms with Crippen LogP contribution in [0.15, 0.2) is 30.3 Å². The molecule has 8 atom stereocenters. The highest BCUT2D eigenvalue weighted by Gasteiger charge is 2.80. The van der Waals surface area contributed by atoms with E-state index in [0.29, 0.717) is 29.5 Å². The lowest BCUT2D eigenvalue weighted by Crippen LogP contribution is -2.93. The van der Waals surface area contributed by atoms with Crippen molar-refractivity contribution in [2.45, 2.75) is 29.8 Å².